The Kier molecular flexibility index (Phi) is 5.01. The van der Waals surface area contributed by atoms with Crippen molar-refractivity contribution in [3.63, 3.8) is 0 Å². The topological polar surface area (TPSA) is 88.8 Å². The van der Waals surface area contributed by atoms with Crippen molar-refractivity contribution in [3.8, 4) is 5.69 Å². The van der Waals surface area contributed by atoms with Crippen LogP contribution < -0.4 is 5.32 Å². The number of hydrogen-bond acceptors (Lipinski definition) is 6. The predicted octanol–water partition coefficient (Wildman–Crippen LogP) is 2.39. The van der Waals surface area contributed by atoms with E-state index in [1.807, 2.05) is 49.1 Å². The predicted molar refractivity (Wildman–Crippen MR) is 105 cm³/mol. The Morgan fingerprint density at radius 2 is 1.82 bits per heavy atom. The lowest BCUT2D eigenvalue weighted by atomic mass is 10.0. The van der Waals surface area contributed by atoms with Crippen molar-refractivity contribution in [2.24, 2.45) is 0 Å². The lowest BCUT2D eigenvalue weighted by Gasteiger charge is -2.33. The quantitative estimate of drug-likeness (QED) is 0.751. The van der Waals surface area contributed by atoms with Crippen molar-refractivity contribution in [2.75, 3.05) is 18.4 Å². The van der Waals surface area contributed by atoms with Crippen molar-refractivity contribution in [2.45, 2.75) is 32.7 Å². The number of nitrogens with one attached hydrogen (secondary N) is 1. The zero-order valence-corrected chi connectivity index (χ0v) is 16.0. The average molecular weight is 377 g/mol. The molecule has 144 valence electrons. The molecule has 8 nitrogen and oxygen atoms in total. The second kappa shape index (κ2) is 7.75. The second-order valence-corrected chi connectivity index (χ2v) is 7.04. The largest absolute Gasteiger partial charge is 0.350 e. The van der Waals surface area contributed by atoms with Crippen LogP contribution in [-0.2, 0) is 0 Å². The summed E-state index contributed by atoms with van der Waals surface area (Å²) in [5, 5.41) is 11.7. The maximum absolute atomic E-state index is 13.2. The van der Waals surface area contributed by atoms with Gasteiger partial charge in [-0.05, 0) is 44.9 Å². The van der Waals surface area contributed by atoms with E-state index in [9.17, 15) is 4.79 Å². The Hall–Kier alpha value is -3.29. The van der Waals surface area contributed by atoms with Gasteiger partial charge in [0.25, 0.3) is 5.91 Å². The molecule has 4 rings (SSSR count). The molecule has 0 spiro atoms. The van der Waals surface area contributed by atoms with E-state index in [0.29, 0.717) is 23.7 Å². The molecule has 1 saturated heterocycles. The smallest absolute Gasteiger partial charge is 0.256 e. The molecule has 1 aliphatic rings. The van der Waals surface area contributed by atoms with Gasteiger partial charge in [-0.3, -0.25) is 4.79 Å². The van der Waals surface area contributed by atoms with E-state index in [-0.39, 0.29) is 11.9 Å². The minimum absolute atomic E-state index is 0.0132. The highest BCUT2D eigenvalue weighted by Crippen LogP contribution is 2.20. The fourth-order valence-corrected chi connectivity index (χ4v) is 3.59. The molecule has 1 aliphatic heterocycles. The molecule has 1 amide bonds. The van der Waals surface area contributed by atoms with Crippen LogP contribution >= 0.6 is 0 Å². The Labute approximate surface area is 163 Å². The van der Waals surface area contributed by atoms with Crippen LogP contribution in [0.15, 0.2) is 42.7 Å². The van der Waals surface area contributed by atoms with E-state index >= 15 is 0 Å². The van der Waals surface area contributed by atoms with Gasteiger partial charge in [0.05, 0.1) is 23.6 Å². The number of carbonyl (C=O) groups is 1. The van der Waals surface area contributed by atoms with Gasteiger partial charge in [0, 0.05) is 30.5 Å². The van der Waals surface area contributed by atoms with Crippen LogP contribution in [0, 0.1) is 13.8 Å². The van der Waals surface area contributed by atoms with E-state index < -0.39 is 0 Å². The first-order valence-corrected chi connectivity index (χ1v) is 9.44. The van der Waals surface area contributed by atoms with Crippen molar-refractivity contribution in [1.29, 1.82) is 0 Å². The number of carbonyl (C=O) groups excluding carboxylic acids is 1. The molecule has 3 aromatic rings. The maximum Gasteiger partial charge on any atom is 0.256 e. The summed E-state index contributed by atoms with van der Waals surface area (Å²) >= 11 is 0. The zero-order chi connectivity index (χ0) is 19.5. The number of benzene rings is 1. The Morgan fingerprint density at radius 1 is 1.11 bits per heavy atom. The van der Waals surface area contributed by atoms with Crippen molar-refractivity contribution in [3.05, 3.63) is 59.7 Å². The van der Waals surface area contributed by atoms with Crippen LogP contribution in [-0.4, -0.2) is 54.9 Å². The molecule has 1 aromatic carbocycles. The molecule has 1 fully saturated rings. The van der Waals surface area contributed by atoms with E-state index in [0.717, 1.165) is 30.8 Å². The van der Waals surface area contributed by atoms with Gasteiger partial charge >= 0.3 is 0 Å². The molecule has 8 heteroatoms. The minimum atomic E-state index is -0.0132. The highest BCUT2D eigenvalue weighted by molar-refractivity contribution is 5.97. The van der Waals surface area contributed by atoms with E-state index in [4.69, 9.17) is 0 Å². The fraction of sp³-hybridized carbons (Fsp3) is 0.350. The molecule has 3 heterocycles. The number of rotatable bonds is 4. The van der Waals surface area contributed by atoms with Crippen molar-refractivity contribution >= 4 is 11.9 Å². The molecular weight excluding hydrogens is 354 g/mol. The fourth-order valence-electron chi connectivity index (χ4n) is 3.59. The Bertz CT molecular complexity index is 950. The number of nitrogens with zero attached hydrogens (tertiary/aromatic N) is 6. The van der Waals surface area contributed by atoms with Gasteiger partial charge < -0.3 is 10.2 Å². The molecule has 2 aromatic heterocycles. The Balaban J connectivity index is 1.51. The average Bonchev–Trinajstić information content (AvgIpc) is 3.21. The summed E-state index contributed by atoms with van der Waals surface area (Å²) in [5.74, 6) is 0.610. The summed E-state index contributed by atoms with van der Waals surface area (Å²) in [5.41, 5.74) is 3.14. The third-order valence-electron chi connectivity index (χ3n) is 4.79. The van der Waals surface area contributed by atoms with Crippen LogP contribution in [0.1, 0.15) is 34.6 Å². The van der Waals surface area contributed by atoms with Crippen LogP contribution in [0.3, 0.4) is 0 Å². The molecule has 0 bridgehead atoms. The third kappa shape index (κ3) is 3.85. The van der Waals surface area contributed by atoms with Crippen LogP contribution in [0.4, 0.5) is 5.95 Å². The van der Waals surface area contributed by atoms with Gasteiger partial charge in [-0.1, -0.05) is 12.1 Å². The van der Waals surface area contributed by atoms with E-state index in [1.165, 1.54) is 4.80 Å². The van der Waals surface area contributed by atoms with Crippen molar-refractivity contribution < 1.29 is 4.79 Å². The summed E-state index contributed by atoms with van der Waals surface area (Å²) in [6.07, 6.45) is 5.11. The van der Waals surface area contributed by atoms with Gasteiger partial charge in [-0.2, -0.15) is 15.0 Å². The first-order valence-electron chi connectivity index (χ1n) is 9.44. The number of likely N-dealkylation sites (tertiary alicyclic amines) is 1. The first kappa shape index (κ1) is 18.1. The molecule has 1 N–H and O–H groups in total. The molecule has 0 aliphatic carbocycles. The lowest BCUT2D eigenvalue weighted by Crippen LogP contribution is -2.45. The highest BCUT2D eigenvalue weighted by atomic mass is 16.2. The highest BCUT2D eigenvalue weighted by Gasteiger charge is 2.26. The molecule has 0 saturated carbocycles. The van der Waals surface area contributed by atoms with Crippen molar-refractivity contribution in [1.82, 2.24) is 29.9 Å². The van der Waals surface area contributed by atoms with Crippen LogP contribution in [0.2, 0.25) is 0 Å². The standard InChI is InChI=1S/C20H23N7O/c1-14-12-15(2)24-20(23-14)25-16-6-5-11-26(13-16)19(28)17-7-3-4-8-18(17)27-21-9-10-22-27/h3-4,7-10,12,16H,5-6,11,13H2,1-2H3,(H,23,24,25)/t16-/m1/s1. The minimum Gasteiger partial charge on any atom is -0.350 e. The maximum atomic E-state index is 13.2. The van der Waals surface area contributed by atoms with E-state index in [2.05, 4.69) is 25.5 Å². The normalized spacial score (nSPS) is 16.8. The number of piperidine rings is 1. The van der Waals surface area contributed by atoms with Gasteiger partial charge in [0.2, 0.25) is 5.95 Å². The molecule has 28 heavy (non-hydrogen) atoms. The monoisotopic (exact) mass is 377 g/mol. The number of hydrogen-bond donors (Lipinski definition) is 1. The molecule has 1 atom stereocenters. The summed E-state index contributed by atoms with van der Waals surface area (Å²) in [7, 11) is 0. The van der Waals surface area contributed by atoms with Crippen LogP contribution in [0.5, 0.6) is 0 Å². The summed E-state index contributed by atoms with van der Waals surface area (Å²) in [6.45, 7) is 5.25. The zero-order valence-electron chi connectivity index (χ0n) is 16.0. The van der Waals surface area contributed by atoms with E-state index in [1.54, 1.807) is 12.4 Å². The van der Waals surface area contributed by atoms with Gasteiger partial charge in [0.15, 0.2) is 0 Å². The summed E-state index contributed by atoms with van der Waals surface area (Å²) in [4.78, 5) is 25.5. The van der Waals surface area contributed by atoms with Gasteiger partial charge in [-0.15, -0.1) is 0 Å². The number of para-hydroxylation sites is 1. The molecule has 0 unspecified atom stereocenters. The van der Waals surface area contributed by atoms with Gasteiger partial charge in [-0.25, -0.2) is 9.97 Å². The number of anilines is 1. The molecule has 0 radical (unpaired) electrons. The SMILES string of the molecule is Cc1cc(C)nc(N[C@@H]2CCCN(C(=O)c3ccccc3-n3nccn3)C2)n1. The Morgan fingerprint density at radius 3 is 2.57 bits per heavy atom. The first-order chi connectivity index (χ1) is 13.6. The van der Waals surface area contributed by atoms with Gasteiger partial charge in [0.1, 0.15) is 0 Å². The third-order valence-corrected chi connectivity index (χ3v) is 4.79. The second-order valence-electron chi connectivity index (χ2n) is 7.04. The summed E-state index contributed by atoms with van der Waals surface area (Å²) < 4.78 is 0. The lowest BCUT2D eigenvalue weighted by molar-refractivity contribution is 0.0714. The number of aryl methyl sites for hydroxylation is 2. The van der Waals surface area contributed by atoms with Crippen LogP contribution in [0.25, 0.3) is 5.69 Å². The number of aromatic nitrogens is 5. The number of amides is 1. The molecular formula is C20H23N7O. The summed E-state index contributed by atoms with van der Waals surface area (Å²) in [6, 6.07) is 9.49.